The first kappa shape index (κ1) is 18.0. The van der Waals surface area contributed by atoms with Gasteiger partial charge < -0.3 is 5.32 Å². The maximum absolute atomic E-state index is 12.4. The predicted octanol–water partition coefficient (Wildman–Crippen LogP) is 4.52. The molecule has 1 aromatic carbocycles. The number of thiophene rings is 1. The third-order valence-electron chi connectivity index (χ3n) is 4.04. The van der Waals surface area contributed by atoms with Gasteiger partial charge in [0.15, 0.2) is 0 Å². The van der Waals surface area contributed by atoms with Crippen LogP contribution in [0.25, 0.3) is 0 Å². The Hall–Kier alpha value is -1.36. The number of halogens is 1. The lowest BCUT2D eigenvalue weighted by Crippen LogP contribution is -2.38. The Morgan fingerprint density at radius 2 is 1.96 bits per heavy atom. The molecule has 0 aliphatic rings. The molecule has 3 nitrogen and oxygen atoms in total. The first-order valence-corrected chi connectivity index (χ1v) is 9.15. The van der Waals surface area contributed by atoms with Crippen molar-refractivity contribution < 1.29 is 4.79 Å². The van der Waals surface area contributed by atoms with Crippen LogP contribution in [-0.2, 0) is 0 Å². The zero-order chi connectivity index (χ0) is 16.8. The lowest BCUT2D eigenvalue weighted by atomic mass is 10.0. The summed E-state index contributed by atoms with van der Waals surface area (Å²) in [4.78, 5) is 15.5. The van der Waals surface area contributed by atoms with Crippen molar-refractivity contribution in [2.75, 3.05) is 19.6 Å². The quantitative estimate of drug-likeness (QED) is 0.796. The van der Waals surface area contributed by atoms with Crippen LogP contribution >= 0.6 is 22.9 Å². The standard InChI is InChI=1S/C18H23ClN2OS/c1-4-21(5-2)16(14-8-6-7-9-15(14)19)12-20-18(22)17-13(3)10-11-23-17/h6-11,16H,4-5,12H2,1-3H3,(H,20,22). The summed E-state index contributed by atoms with van der Waals surface area (Å²) in [5.74, 6) is -0.0123. The Morgan fingerprint density at radius 3 is 2.52 bits per heavy atom. The van der Waals surface area contributed by atoms with Gasteiger partial charge in [-0.2, -0.15) is 0 Å². The summed E-state index contributed by atoms with van der Waals surface area (Å²) in [6, 6.07) is 9.90. The van der Waals surface area contributed by atoms with Crippen molar-refractivity contribution in [1.29, 1.82) is 0 Å². The van der Waals surface area contributed by atoms with E-state index in [0.717, 1.165) is 34.1 Å². The Labute approximate surface area is 147 Å². The molecule has 0 spiro atoms. The second-order valence-electron chi connectivity index (χ2n) is 5.40. The van der Waals surface area contributed by atoms with Crippen LogP contribution in [0.4, 0.5) is 0 Å². The topological polar surface area (TPSA) is 32.3 Å². The van der Waals surface area contributed by atoms with E-state index in [9.17, 15) is 4.79 Å². The molecule has 1 unspecified atom stereocenters. The van der Waals surface area contributed by atoms with Crippen molar-refractivity contribution in [1.82, 2.24) is 10.2 Å². The average molecular weight is 351 g/mol. The van der Waals surface area contributed by atoms with Gasteiger partial charge in [-0.3, -0.25) is 9.69 Å². The highest BCUT2D eigenvalue weighted by atomic mass is 35.5. The Bertz CT molecular complexity index is 652. The SMILES string of the molecule is CCN(CC)C(CNC(=O)c1sccc1C)c1ccccc1Cl. The van der Waals surface area contributed by atoms with Crippen molar-refractivity contribution in [2.24, 2.45) is 0 Å². The van der Waals surface area contributed by atoms with Crippen molar-refractivity contribution in [2.45, 2.75) is 26.8 Å². The summed E-state index contributed by atoms with van der Waals surface area (Å²) in [5.41, 5.74) is 2.07. The highest BCUT2D eigenvalue weighted by Gasteiger charge is 2.21. The molecule has 0 saturated heterocycles. The summed E-state index contributed by atoms with van der Waals surface area (Å²) in [5, 5.41) is 5.76. The molecule has 23 heavy (non-hydrogen) atoms. The molecule has 1 atom stereocenters. The number of likely N-dealkylation sites (N-methyl/N-ethyl adjacent to an activating group) is 1. The van der Waals surface area contributed by atoms with Gasteiger partial charge in [0.05, 0.1) is 10.9 Å². The van der Waals surface area contributed by atoms with Crippen LogP contribution in [0.3, 0.4) is 0 Å². The molecular formula is C18H23ClN2OS. The fourth-order valence-corrected chi connectivity index (χ4v) is 3.82. The molecule has 0 radical (unpaired) electrons. The molecule has 0 saturated carbocycles. The number of carbonyl (C=O) groups is 1. The van der Waals surface area contributed by atoms with E-state index in [1.54, 1.807) is 0 Å². The summed E-state index contributed by atoms with van der Waals surface area (Å²) in [6.07, 6.45) is 0. The van der Waals surface area contributed by atoms with E-state index < -0.39 is 0 Å². The number of hydrogen-bond donors (Lipinski definition) is 1. The van der Waals surface area contributed by atoms with E-state index in [-0.39, 0.29) is 11.9 Å². The normalized spacial score (nSPS) is 12.4. The van der Waals surface area contributed by atoms with Gasteiger partial charge in [-0.05, 0) is 48.7 Å². The summed E-state index contributed by atoms with van der Waals surface area (Å²) in [7, 11) is 0. The number of benzene rings is 1. The molecule has 0 aliphatic heterocycles. The minimum Gasteiger partial charge on any atom is -0.349 e. The Kier molecular flexibility index (Phi) is 6.63. The van der Waals surface area contributed by atoms with Crippen molar-refractivity contribution in [3.8, 4) is 0 Å². The molecule has 0 bridgehead atoms. The Balaban J connectivity index is 2.17. The highest BCUT2D eigenvalue weighted by Crippen LogP contribution is 2.27. The lowest BCUT2D eigenvalue weighted by molar-refractivity contribution is 0.0938. The van der Waals surface area contributed by atoms with Crippen LogP contribution in [-0.4, -0.2) is 30.4 Å². The van der Waals surface area contributed by atoms with Crippen LogP contribution < -0.4 is 5.32 Å². The minimum absolute atomic E-state index is 0.0123. The first-order valence-electron chi connectivity index (χ1n) is 7.89. The number of nitrogens with zero attached hydrogens (tertiary/aromatic N) is 1. The molecule has 1 amide bonds. The molecule has 124 valence electrons. The summed E-state index contributed by atoms with van der Waals surface area (Å²) < 4.78 is 0. The van der Waals surface area contributed by atoms with Gasteiger partial charge in [-0.25, -0.2) is 0 Å². The van der Waals surface area contributed by atoms with Gasteiger partial charge in [-0.1, -0.05) is 43.6 Å². The van der Waals surface area contributed by atoms with E-state index in [2.05, 4.69) is 24.1 Å². The minimum atomic E-state index is -0.0123. The molecule has 2 rings (SSSR count). The van der Waals surface area contributed by atoms with E-state index in [1.807, 2.05) is 42.6 Å². The number of rotatable bonds is 7. The third kappa shape index (κ3) is 4.34. The van der Waals surface area contributed by atoms with E-state index >= 15 is 0 Å². The van der Waals surface area contributed by atoms with Crippen LogP contribution in [0.5, 0.6) is 0 Å². The van der Waals surface area contributed by atoms with E-state index in [4.69, 9.17) is 11.6 Å². The molecule has 0 aliphatic carbocycles. The predicted molar refractivity (Wildman–Crippen MR) is 98.5 cm³/mol. The van der Waals surface area contributed by atoms with Gasteiger partial charge in [0.1, 0.15) is 0 Å². The summed E-state index contributed by atoms with van der Waals surface area (Å²) in [6.45, 7) is 8.56. The number of hydrogen-bond acceptors (Lipinski definition) is 3. The lowest BCUT2D eigenvalue weighted by Gasteiger charge is -2.30. The van der Waals surface area contributed by atoms with Crippen LogP contribution in [0, 0.1) is 6.92 Å². The second kappa shape index (κ2) is 8.48. The first-order chi connectivity index (χ1) is 11.1. The van der Waals surface area contributed by atoms with Crippen molar-refractivity contribution >= 4 is 28.8 Å². The largest absolute Gasteiger partial charge is 0.349 e. The smallest absolute Gasteiger partial charge is 0.261 e. The molecule has 1 N–H and O–H groups in total. The molecular weight excluding hydrogens is 328 g/mol. The van der Waals surface area contributed by atoms with Crippen LogP contribution in [0.15, 0.2) is 35.7 Å². The number of carbonyl (C=O) groups excluding carboxylic acids is 1. The van der Waals surface area contributed by atoms with Gasteiger partial charge in [0.2, 0.25) is 0 Å². The monoisotopic (exact) mass is 350 g/mol. The Morgan fingerprint density at radius 1 is 1.26 bits per heavy atom. The highest BCUT2D eigenvalue weighted by molar-refractivity contribution is 7.12. The summed E-state index contributed by atoms with van der Waals surface area (Å²) >= 11 is 7.86. The maximum Gasteiger partial charge on any atom is 0.261 e. The molecule has 0 fully saturated rings. The number of amides is 1. The van der Waals surface area contributed by atoms with Gasteiger partial charge in [0, 0.05) is 11.6 Å². The zero-order valence-electron chi connectivity index (χ0n) is 13.8. The molecule has 2 aromatic rings. The molecule has 1 heterocycles. The van der Waals surface area contributed by atoms with Crippen LogP contribution in [0.2, 0.25) is 5.02 Å². The van der Waals surface area contributed by atoms with Crippen molar-refractivity contribution in [3.63, 3.8) is 0 Å². The van der Waals surface area contributed by atoms with E-state index in [0.29, 0.717) is 6.54 Å². The van der Waals surface area contributed by atoms with Gasteiger partial charge in [-0.15, -0.1) is 11.3 Å². The van der Waals surface area contributed by atoms with Crippen LogP contribution in [0.1, 0.15) is 40.7 Å². The number of aryl methyl sites for hydroxylation is 1. The maximum atomic E-state index is 12.4. The van der Waals surface area contributed by atoms with E-state index in [1.165, 1.54) is 11.3 Å². The second-order valence-corrected chi connectivity index (χ2v) is 6.72. The third-order valence-corrected chi connectivity index (χ3v) is 5.40. The average Bonchev–Trinajstić information content (AvgIpc) is 2.98. The van der Waals surface area contributed by atoms with Crippen molar-refractivity contribution in [3.05, 3.63) is 56.7 Å². The fraction of sp³-hybridized carbons (Fsp3) is 0.389. The zero-order valence-corrected chi connectivity index (χ0v) is 15.4. The molecule has 5 heteroatoms. The fourth-order valence-electron chi connectivity index (χ4n) is 2.72. The molecule has 1 aromatic heterocycles. The van der Waals surface area contributed by atoms with Gasteiger partial charge in [0.25, 0.3) is 5.91 Å². The number of nitrogens with one attached hydrogen (secondary N) is 1. The van der Waals surface area contributed by atoms with Gasteiger partial charge >= 0.3 is 0 Å².